The quantitative estimate of drug-likeness (QED) is 0.313. The van der Waals surface area contributed by atoms with Crippen LogP contribution in [0.2, 0.25) is 5.02 Å². The summed E-state index contributed by atoms with van der Waals surface area (Å²) in [6, 6.07) is 13.6. The van der Waals surface area contributed by atoms with Gasteiger partial charge in [0.2, 0.25) is 0 Å². The summed E-state index contributed by atoms with van der Waals surface area (Å²) in [5, 5.41) is 14.1. The number of ketones is 1. The fourth-order valence-corrected chi connectivity index (χ4v) is 2.89. The van der Waals surface area contributed by atoms with E-state index in [0.29, 0.717) is 0 Å². The summed E-state index contributed by atoms with van der Waals surface area (Å²) in [7, 11) is 0. The van der Waals surface area contributed by atoms with E-state index in [1.165, 1.54) is 36.5 Å². The number of Topliss-reactive ketones (excluding diaryl/α,β-unsaturated/α-hetero) is 1. The molecule has 0 unspecified atom stereocenters. The molecule has 0 aliphatic carbocycles. The summed E-state index contributed by atoms with van der Waals surface area (Å²) < 4.78 is 5.53. The molecule has 0 atom stereocenters. The lowest BCUT2D eigenvalue weighted by atomic mass is 10.1. The summed E-state index contributed by atoms with van der Waals surface area (Å²) in [4.78, 5) is 39.4. The minimum atomic E-state index is -0.612. The Balaban J connectivity index is 1.93. The largest absolute Gasteiger partial charge is 0.434 e. The lowest BCUT2D eigenvalue weighted by molar-refractivity contribution is -0.386. The van der Waals surface area contributed by atoms with Crippen LogP contribution in [0.4, 0.5) is 11.4 Å². The zero-order chi connectivity index (χ0) is 21.7. The van der Waals surface area contributed by atoms with Crippen molar-refractivity contribution in [1.29, 1.82) is 0 Å². The second kappa shape index (κ2) is 9.15. The van der Waals surface area contributed by atoms with Gasteiger partial charge in [-0.05, 0) is 36.4 Å². The first kappa shape index (κ1) is 20.9. The highest BCUT2D eigenvalue weighted by Gasteiger charge is 2.19. The van der Waals surface area contributed by atoms with Crippen LogP contribution in [0.25, 0.3) is 0 Å². The summed E-state index contributed by atoms with van der Waals surface area (Å²) >= 11 is 6.06. The smallest absolute Gasteiger partial charge is 0.331 e. The Kier molecular flexibility index (Phi) is 6.38. The highest BCUT2D eigenvalue weighted by Crippen LogP contribution is 2.31. The van der Waals surface area contributed by atoms with Crippen LogP contribution in [0.3, 0.4) is 0 Å². The molecule has 0 saturated heterocycles. The lowest BCUT2D eigenvalue weighted by Crippen LogP contribution is -2.15. The van der Waals surface area contributed by atoms with E-state index >= 15 is 0 Å². The normalized spacial score (nSPS) is 10.3. The molecule has 0 saturated carbocycles. The van der Waals surface area contributed by atoms with Crippen molar-refractivity contribution in [2.75, 3.05) is 5.32 Å². The predicted octanol–water partition coefficient (Wildman–Crippen LogP) is 5.28. The number of carbonyl (C=O) groups is 2. The molecular weight excluding hydrogens is 410 g/mol. The summed E-state index contributed by atoms with van der Waals surface area (Å²) in [6.07, 6.45) is 1.54. The molecule has 1 N–H and O–H groups in total. The number of benzene rings is 2. The second-order valence-electron chi connectivity index (χ2n) is 6.10. The molecule has 1 heterocycles. The van der Waals surface area contributed by atoms with E-state index in [1.54, 1.807) is 31.2 Å². The van der Waals surface area contributed by atoms with E-state index in [4.69, 9.17) is 16.3 Å². The Morgan fingerprint density at radius 3 is 2.60 bits per heavy atom. The number of halogens is 1. The molecule has 3 rings (SSSR count). The first-order valence-corrected chi connectivity index (χ1v) is 9.29. The summed E-state index contributed by atoms with van der Waals surface area (Å²) in [5.74, 6) is -0.750. The number of hydrogen-bond acceptors (Lipinski definition) is 6. The van der Waals surface area contributed by atoms with Crippen molar-refractivity contribution < 1.29 is 19.2 Å². The number of ether oxygens (including phenoxy) is 1. The molecule has 152 valence electrons. The maximum atomic E-state index is 12.6. The SMILES string of the molecule is CCC(=O)c1cc(Oc2ncccc2[N+](=O)[O-])ccc1NC(=O)c1ccccc1Cl. The van der Waals surface area contributed by atoms with Gasteiger partial charge in [0.15, 0.2) is 5.78 Å². The van der Waals surface area contributed by atoms with Crippen LogP contribution in [0.1, 0.15) is 34.1 Å². The lowest BCUT2D eigenvalue weighted by Gasteiger charge is -2.13. The Labute approximate surface area is 176 Å². The number of pyridine rings is 1. The van der Waals surface area contributed by atoms with Crippen molar-refractivity contribution in [3.8, 4) is 11.6 Å². The number of rotatable bonds is 7. The molecule has 8 nitrogen and oxygen atoms in total. The molecular formula is C21H16ClN3O5. The van der Waals surface area contributed by atoms with Crippen LogP contribution in [0.15, 0.2) is 60.8 Å². The Morgan fingerprint density at radius 1 is 1.13 bits per heavy atom. The summed E-state index contributed by atoms with van der Waals surface area (Å²) in [6.45, 7) is 1.68. The van der Waals surface area contributed by atoms with Gasteiger partial charge in [-0.1, -0.05) is 30.7 Å². The van der Waals surface area contributed by atoms with Gasteiger partial charge in [-0.2, -0.15) is 0 Å². The van der Waals surface area contributed by atoms with Gasteiger partial charge < -0.3 is 10.1 Å². The van der Waals surface area contributed by atoms with Gasteiger partial charge in [-0.25, -0.2) is 4.98 Å². The van der Waals surface area contributed by atoms with Crippen molar-refractivity contribution >= 4 is 34.7 Å². The minimum absolute atomic E-state index is 0.171. The third kappa shape index (κ3) is 4.61. The van der Waals surface area contributed by atoms with Crippen molar-refractivity contribution in [1.82, 2.24) is 4.98 Å². The number of hydrogen-bond donors (Lipinski definition) is 1. The molecule has 0 aliphatic heterocycles. The molecule has 0 radical (unpaired) electrons. The van der Waals surface area contributed by atoms with Crippen molar-refractivity contribution in [3.63, 3.8) is 0 Å². The first-order valence-electron chi connectivity index (χ1n) is 8.91. The molecule has 1 amide bonds. The van der Waals surface area contributed by atoms with Gasteiger partial charge in [0.25, 0.3) is 11.8 Å². The maximum absolute atomic E-state index is 12.6. The molecule has 0 fully saturated rings. The van der Waals surface area contributed by atoms with E-state index < -0.39 is 10.8 Å². The van der Waals surface area contributed by atoms with Crippen LogP contribution in [0.5, 0.6) is 11.6 Å². The van der Waals surface area contributed by atoms with Crippen LogP contribution in [-0.2, 0) is 0 Å². The third-order valence-corrected chi connectivity index (χ3v) is 4.47. The topological polar surface area (TPSA) is 111 Å². The number of amides is 1. The average Bonchev–Trinajstić information content (AvgIpc) is 2.74. The highest BCUT2D eigenvalue weighted by molar-refractivity contribution is 6.34. The Hall–Kier alpha value is -3.78. The number of anilines is 1. The Bertz CT molecular complexity index is 1130. The zero-order valence-electron chi connectivity index (χ0n) is 15.8. The van der Waals surface area contributed by atoms with E-state index in [1.807, 2.05) is 0 Å². The number of nitrogens with zero attached hydrogens (tertiary/aromatic N) is 2. The van der Waals surface area contributed by atoms with Crippen LogP contribution >= 0.6 is 11.6 Å². The molecule has 2 aromatic carbocycles. The van der Waals surface area contributed by atoms with Gasteiger partial charge in [-0.3, -0.25) is 19.7 Å². The van der Waals surface area contributed by atoms with Gasteiger partial charge >= 0.3 is 5.69 Å². The molecule has 0 bridgehead atoms. The van der Waals surface area contributed by atoms with Gasteiger partial charge in [0, 0.05) is 24.2 Å². The molecule has 30 heavy (non-hydrogen) atoms. The average molecular weight is 426 g/mol. The van der Waals surface area contributed by atoms with E-state index in [-0.39, 0.29) is 51.4 Å². The number of nitrogens with one attached hydrogen (secondary N) is 1. The summed E-state index contributed by atoms with van der Waals surface area (Å²) in [5.41, 5.74) is 0.430. The minimum Gasteiger partial charge on any atom is -0.434 e. The third-order valence-electron chi connectivity index (χ3n) is 4.14. The predicted molar refractivity (Wildman–Crippen MR) is 111 cm³/mol. The Morgan fingerprint density at radius 2 is 1.90 bits per heavy atom. The van der Waals surface area contributed by atoms with Crippen molar-refractivity contribution in [3.05, 3.63) is 87.1 Å². The number of carbonyl (C=O) groups excluding carboxylic acids is 2. The molecule has 1 aromatic heterocycles. The van der Waals surface area contributed by atoms with E-state index in [0.717, 1.165) is 0 Å². The van der Waals surface area contributed by atoms with Crippen LogP contribution in [-0.4, -0.2) is 21.6 Å². The van der Waals surface area contributed by atoms with Gasteiger partial charge in [-0.15, -0.1) is 0 Å². The molecule has 9 heteroatoms. The molecule has 0 spiro atoms. The van der Waals surface area contributed by atoms with Gasteiger partial charge in [0.1, 0.15) is 5.75 Å². The number of nitro groups is 1. The van der Waals surface area contributed by atoms with Gasteiger partial charge in [0.05, 0.1) is 21.2 Å². The van der Waals surface area contributed by atoms with E-state index in [2.05, 4.69) is 10.3 Å². The monoisotopic (exact) mass is 425 g/mol. The first-order chi connectivity index (χ1) is 14.4. The fraction of sp³-hybridized carbons (Fsp3) is 0.0952. The standard InChI is InChI=1S/C21H16ClN3O5/c1-2-19(26)15-12-13(30-21-18(25(28)29)8-5-11-23-21)9-10-17(15)24-20(27)14-6-3-4-7-16(14)22/h3-12H,2H2,1H3,(H,24,27). The fourth-order valence-electron chi connectivity index (χ4n) is 2.66. The maximum Gasteiger partial charge on any atom is 0.331 e. The molecule has 0 aliphatic rings. The van der Waals surface area contributed by atoms with Crippen LogP contribution < -0.4 is 10.1 Å². The second-order valence-corrected chi connectivity index (χ2v) is 6.51. The van der Waals surface area contributed by atoms with E-state index in [9.17, 15) is 19.7 Å². The molecule has 3 aromatic rings. The number of aromatic nitrogens is 1. The zero-order valence-corrected chi connectivity index (χ0v) is 16.6. The highest BCUT2D eigenvalue weighted by atomic mass is 35.5. The van der Waals surface area contributed by atoms with Crippen LogP contribution in [0, 0.1) is 10.1 Å². The van der Waals surface area contributed by atoms with Crippen molar-refractivity contribution in [2.45, 2.75) is 13.3 Å². The van der Waals surface area contributed by atoms with Crippen molar-refractivity contribution in [2.24, 2.45) is 0 Å².